The molecule has 0 saturated heterocycles. The molecule has 0 unspecified atom stereocenters. The molecule has 0 aromatic heterocycles. The van der Waals surface area contributed by atoms with E-state index in [1.807, 2.05) is 0 Å². The van der Waals surface area contributed by atoms with E-state index in [1.165, 1.54) is 60.8 Å². The quantitative estimate of drug-likeness (QED) is 0.461. The van der Waals surface area contributed by atoms with Crippen LogP contribution < -0.4 is 0 Å². The molecule has 1 heteroatoms. The normalized spacial score (nSPS) is 27.7. The van der Waals surface area contributed by atoms with E-state index in [9.17, 15) is 4.39 Å². The van der Waals surface area contributed by atoms with Gasteiger partial charge in [0, 0.05) is 0 Å². The molecule has 0 aliphatic heterocycles. The van der Waals surface area contributed by atoms with Gasteiger partial charge >= 0.3 is 0 Å². The molecule has 0 atom stereocenters. The minimum atomic E-state index is -0.137. The zero-order valence-electron chi connectivity index (χ0n) is 18.1. The van der Waals surface area contributed by atoms with Crippen LogP contribution in [0.1, 0.15) is 94.1 Å². The molecule has 0 spiro atoms. The van der Waals surface area contributed by atoms with Gasteiger partial charge in [-0.05, 0) is 97.3 Å². The Hall–Kier alpha value is -1.63. The summed E-state index contributed by atoms with van der Waals surface area (Å²) in [6, 6.07) is 18.5. The standard InChI is InChI=1S/C28H37F/c1-2-3-21-4-8-23(9-5-21)25-12-16-27(17-13-25)28-18-14-26(15-19-28)24-10-6-22(20-29)7-11-24/h12-19,21-24H,2-11,20H2,1H3. The van der Waals surface area contributed by atoms with Crippen molar-refractivity contribution in [3.05, 3.63) is 59.7 Å². The van der Waals surface area contributed by atoms with Crippen molar-refractivity contribution in [3.8, 4) is 11.1 Å². The Bertz CT molecular complexity index is 729. The van der Waals surface area contributed by atoms with Crippen LogP contribution in [0.5, 0.6) is 0 Å². The third kappa shape index (κ3) is 5.11. The summed E-state index contributed by atoms with van der Waals surface area (Å²) < 4.78 is 12.8. The van der Waals surface area contributed by atoms with Gasteiger partial charge in [0.25, 0.3) is 0 Å². The fourth-order valence-corrected chi connectivity index (χ4v) is 5.74. The van der Waals surface area contributed by atoms with Crippen molar-refractivity contribution in [1.82, 2.24) is 0 Å². The Kier molecular flexibility index (Phi) is 7.06. The fraction of sp³-hybridized carbons (Fsp3) is 0.571. The number of benzene rings is 2. The summed E-state index contributed by atoms with van der Waals surface area (Å²) in [6.45, 7) is 2.18. The van der Waals surface area contributed by atoms with Gasteiger partial charge in [0.05, 0.1) is 6.67 Å². The highest BCUT2D eigenvalue weighted by Gasteiger charge is 2.23. The van der Waals surface area contributed by atoms with Crippen LogP contribution >= 0.6 is 0 Å². The first-order valence-electron chi connectivity index (χ1n) is 12.0. The molecule has 0 bridgehead atoms. The second-order valence-corrected chi connectivity index (χ2v) is 9.62. The molecular weight excluding hydrogens is 355 g/mol. The molecule has 0 amide bonds. The van der Waals surface area contributed by atoms with Crippen LogP contribution in [-0.4, -0.2) is 6.67 Å². The monoisotopic (exact) mass is 392 g/mol. The highest BCUT2D eigenvalue weighted by molar-refractivity contribution is 5.64. The van der Waals surface area contributed by atoms with E-state index >= 15 is 0 Å². The minimum Gasteiger partial charge on any atom is -0.251 e. The van der Waals surface area contributed by atoms with Gasteiger partial charge in [0.15, 0.2) is 0 Å². The average molecular weight is 393 g/mol. The van der Waals surface area contributed by atoms with Crippen molar-refractivity contribution in [2.24, 2.45) is 11.8 Å². The summed E-state index contributed by atoms with van der Waals surface area (Å²) in [5.41, 5.74) is 5.60. The summed E-state index contributed by atoms with van der Waals surface area (Å²) in [7, 11) is 0. The Morgan fingerprint density at radius 3 is 1.41 bits per heavy atom. The zero-order chi connectivity index (χ0) is 20.1. The van der Waals surface area contributed by atoms with Crippen molar-refractivity contribution in [2.45, 2.75) is 83.0 Å². The summed E-state index contributed by atoms with van der Waals surface area (Å²) in [5, 5.41) is 0. The molecule has 29 heavy (non-hydrogen) atoms. The molecule has 4 rings (SSSR count). The summed E-state index contributed by atoms with van der Waals surface area (Å²) in [5.74, 6) is 2.67. The van der Waals surface area contributed by atoms with E-state index < -0.39 is 0 Å². The second-order valence-electron chi connectivity index (χ2n) is 9.62. The first-order chi connectivity index (χ1) is 14.3. The molecule has 156 valence electrons. The lowest BCUT2D eigenvalue weighted by molar-refractivity contribution is 0.263. The molecule has 0 N–H and O–H groups in total. The smallest absolute Gasteiger partial charge is 0.0922 e. The molecule has 2 aromatic rings. The van der Waals surface area contributed by atoms with Crippen molar-refractivity contribution in [1.29, 1.82) is 0 Å². The summed E-state index contributed by atoms with van der Waals surface area (Å²) >= 11 is 0. The SMILES string of the molecule is CCCC1CCC(c2ccc(-c3ccc(C4CCC(CF)CC4)cc3)cc2)CC1. The maximum Gasteiger partial charge on any atom is 0.0922 e. The number of alkyl halides is 1. The van der Waals surface area contributed by atoms with Gasteiger partial charge < -0.3 is 0 Å². The summed E-state index contributed by atoms with van der Waals surface area (Å²) in [4.78, 5) is 0. The first kappa shape index (κ1) is 20.6. The number of rotatable bonds is 6. The van der Waals surface area contributed by atoms with E-state index in [1.54, 1.807) is 0 Å². The van der Waals surface area contributed by atoms with E-state index in [0.717, 1.165) is 37.5 Å². The molecular formula is C28H37F. The van der Waals surface area contributed by atoms with E-state index in [-0.39, 0.29) is 6.67 Å². The molecule has 2 aliphatic carbocycles. The van der Waals surface area contributed by atoms with Crippen molar-refractivity contribution < 1.29 is 4.39 Å². The Labute approximate surface area is 176 Å². The lowest BCUT2D eigenvalue weighted by Gasteiger charge is -2.28. The molecule has 2 fully saturated rings. The lowest BCUT2D eigenvalue weighted by atomic mass is 9.77. The topological polar surface area (TPSA) is 0 Å². The predicted octanol–water partition coefficient (Wildman–Crippen LogP) is 8.67. The van der Waals surface area contributed by atoms with Gasteiger partial charge in [-0.15, -0.1) is 0 Å². The average Bonchev–Trinajstić information content (AvgIpc) is 2.80. The molecule has 0 radical (unpaired) electrons. The van der Waals surface area contributed by atoms with E-state index in [0.29, 0.717) is 11.8 Å². The van der Waals surface area contributed by atoms with Gasteiger partial charge in [0.2, 0.25) is 0 Å². The first-order valence-corrected chi connectivity index (χ1v) is 12.0. The van der Waals surface area contributed by atoms with Gasteiger partial charge in [-0.1, -0.05) is 68.3 Å². The Morgan fingerprint density at radius 1 is 0.621 bits per heavy atom. The van der Waals surface area contributed by atoms with Crippen LogP contribution in [0.3, 0.4) is 0 Å². The van der Waals surface area contributed by atoms with Crippen LogP contribution in [0, 0.1) is 11.8 Å². The van der Waals surface area contributed by atoms with Crippen molar-refractivity contribution >= 4 is 0 Å². The van der Waals surface area contributed by atoms with Gasteiger partial charge in [-0.2, -0.15) is 0 Å². The number of halogens is 1. The largest absolute Gasteiger partial charge is 0.251 e. The van der Waals surface area contributed by atoms with Crippen LogP contribution in [0.15, 0.2) is 48.5 Å². The van der Waals surface area contributed by atoms with Gasteiger partial charge in [-0.25, -0.2) is 0 Å². The molecule has 0 heterocycles. The highest BCUT2D eigenvalue weighted by Crippen LogP contribution is 2.39. The van der Waals surface area contributed by atoms with E-state index in [4.69, 9.17) is 0 Å². The fourth-order valence-electron chi connectivity index (χ4n) is 5.74. The maximum absolute atomic E-state index is 12.8. The van der Waals surface area contributed by atoms with Crippen LogP contribution in [0.25, 0.3) is 11.1 Å². The minimum absolute atomic E-state index is 0.137. The van der Waals surface area contributed by atoms with E-state index in [2.05, 4.69) is 55.5 Å². The predicted molar refractivity (Wildman–Crippen MR) is 122 cm³/mol. The second kappa shape index (κ2) is 9.92. The molecule has 0 nitrogen and oxygen atoms in total. The van der Waals surface area contributed by atoms with Crippen molar-refractivity contribution in [3.63, 3.8) is 0 Å². The van der Waals surface area contributed by atoms with Gasteiger partial charge in [-0.3, -0.25) is 4.39 Å². The van der Waals surface area contributed by atoms with Crippen molar-refractivity contribution in [2.75, 3.05) is 6.67 Å². The zero-order valence-corrected chi connectivity index (χ0v) is 18.1. The van der Waals surface area contributed by atoms with Crippen LogP contribution in [-0.2, 0) is 0 Å². The third-order valence-electron chi connectivity index (χ3n) is 7.71. The third-order valence-corrected chi connectivity index (χ3v) is 7.71. The Balaban J connectivity index is 1.36. The number of hydrogen-bond acceptors (Lipinski definition) is 0. The van der Waals surface area contributed by atoms with Crippen LogP contribution in [0.4, 0.5) is 4.39 Å². The van der Waals surface area contributed by atoms with Gasteiger partial charge in [0.1, 0.15) is 0 Å². The Morgan fingerprint density at radius 2 is 1.03 bits per heavy atom. The molecule has 2 saturated carbocycles. The lowest BCUT2D eigenvalue weighted by Crippen LogP contribution is -2.14. The highest BCUT2D eigenvalue weighted by atomic mass is 19.1. The van der Waals surface area contributed by atoms with Crippen LogP contribution in [0.2, 0.25) is 0 Å². The maximum atomic E-state index is 12.8. The molecule has 2 aliphatic rings. The number of hydrogen-bond donors (Lipinski definition) is 0. The molecule has 2 aromatic carbocycles. The summed E-state index contributed by atoms with van der Waals surface area (Å²) in [6.07, 6.45) is 12.7.